The van der Waals surface area contributed by atoms with E-state index in [1.165, 1.54) is 0 Å². The van der Waals surface area contributed by atoms with E-state index in [-0.39, 0.29) is 18.9 Å². The molecule has 1 saturated heterocycles. The first kappa shape index (κ1) is 11.6. The van der Waals surface area contributed by atoms with Gasteiger partial charge in [-0.2, -0.15) is 0 Å². The van der Waals surface area contributed by atoms with Gasteiger partial charge in [0.05, 0.1) is 0 Å². The van der Waals surface area contributed by atoms with E-state index >= 15 is 0 Å². The topological polar surface area (TPSA) is 26.1 Å². The average Bonchev–Trinajstić information content (AvgIpc) is 2.08. The smallest absolute Gasteiger partial charge is 0.589 e. The molecule has 6 heteroatoms. The molecular formula is C4H13LiN2P2Si. The summed E-state index contributed by atoms with van der Waals surface area (Å²) < 4.78 is 0. The molecule has 3 unspecified atom stereocenters. The van der Waals surface area contributed by atoms with Crippen LogP contribution >= 0.6 is 16.7 Å². The van der Waals surface area contributed by atoms with E-state index in [0.717, 1.165) is 16.7 Å². The molecule has 0 aromatic heterocycles. The van der Waals surface area contributed by atoms with Gasteiger partial charge >= 0.3 is 18.9 Å². The van der Waals surface area contributed by atoms with Crippen molar-refractivity contribution in [2.75, 3.05) is 0 Å². The fourth-order valence-electron chi connectivity index (χ4n) is 0.640. The van der Waals surface area contributed by atoms with E-state index in [1.54, 1.807) is 0 Å². The van der Waals surface area contributed by atoms with Crippen LogP contribution in [0, 0.1) is 0 Å². The second-order valence-electron chi connectivity index (χ2n) is 3.28. The molecule has 0 bridgehead atoms. The Kier molecular flexibility index (Phi) is 5.31. The van der Waals surface area contributed by atoms with Gasteiger partial charge in [-0.15, -0.1) is 13.7 Å². The molecule has 54 valence electrons. The number of hydrogen-bond acceptors (Lipinski definition) is 1. The zero-order chi connectivity index (χ0) is 6.91. The molecule has 1 aliphatic rings. The molecule has 0 radical (unpaired) electrons. The van der Waals surface area contributed by atoms with E-state index in [2.05, 4.69) is 30.3 Å². The van der Waals surface area contributed by atoms with Gasteiger partial charge in [0.25, 0.3) is 0 Å². The number of nitrogens with zero attached hydrogens (tertiary/aromatic N) is 1. The molecule has 10 heavy (non-hydrogen) atoms. The van der Waals surface area contributed by atoms with Crippen LogP contribution in [0.15, 0.2) is 0 Å². The van der Waals surface area contributed by atoms with Crippen molar-refractivity contribution in [2.24, 2.45) is 0 Å². The van der Waals surface area contributed by atoms with Gasteiger partial charge in [0.1, 0.15) is 0 Å². The molecule has 2 nitrogen and oxygen atoms in total. The minimum absolute atomic E-state index is 0. The van der Waals surface area contributed by atoms with Crippen LogP contribution in [0.3, 0.4) is 0 Å². The molecule has 1 aliphatic heterocycles. The molecule has 1 fully saturated rings. The van der Waals surface area contributed by atoms with Crippen LogP contribution in [-0.4, -0.2) is 13.5 Å². The van der Waals surface area contributed by atoms with Crippen LogP contribution in [0.25, 0.3) is 5.43 Å². The Morgan fingerprint density at radius 3 is 2.20 bits per heavy atom. The van der Waals surface area contributed by atoms with E-state index < -0.39 is 8.07 Å². The van der Waals surface area contributed by atoms with Crippen molar-refractivity contribution in [3.63, 3.8) is 0 Å². The Labute approximate surface area is 79.4 Å². The van der Waals surface area contributed by atoms with Gasteiger partial charge < -0.3 is 10.6 Å². The van der Waals surface area contributed by atoms with E-state index in [4.69, 9.17) is 0 Å². The maximum Gasteiger partial charge on any atom is 1.00 e. The van der Waals surface area contributed by atoms with Crippen LogP contribution in [-0.2, 0) is 0 Å². The zero-order valence-electron chi connectivity index (χ0n) is 7.02. The van der Waals surface area contributed by atoms with Crippen molar-refractivity contribution < 1.29 is 18.9 Å². The van der Waals surface area contributed by atoms with Crippen molar-refractivity contribution in [1.82, 2.24) is 5.20 Å². The Hall–Kier alpha value is 1.59. The Bertz CT molecular complexity index is 102. The summed E-state index contributed by atoms with van der Waals surface area (Å²) in [5.74, 6) is 0. The monoisotopic (exact) mass is 186 g/mol. The summed E-state index contributed by atoms with van der Waals surface area (Å²) in [5, 5.41) is 3.78. The molecule has 1 rings (SSSR count). The number of rotatable bonds is 1. The largest absolute Gasteiger partial charge is 1.00 e. The van der Waals surface area contributed by atoms with Gasteiger partial charge in [-0.25, -0.2) is 0 Å². The van der Waals surface area contributed by atoms with Gasteiger partial charge in [0.2, 0.25) is 0 Å². The minimum atomic E-state index is -0.934. The summed E-state index contributed by atoms with van der Waals surface area (Å²) >= 11 is 0. The van der Waals surface area contributed by atoms with Gasteiger partial charge in [0, 0.05) is 8.07 Å². The van der Waals surface area contributed by atoms with Crippen LogP contribution in [0.1, 0.15) is 0 Å². The summed E-state index contributed by atoms with van der Waals surface area (Å²) in [5.41, 5.74) is 4.34. The Balaban J connectivity index is 0.000000810. The molecule has 0 amide bonds. The molecule has 3 atom stereocenters. The summed E-state index contributed by atoms with van der Waals surface area (Å²) in [4.78, 5) is 0. The average molecular weight is 186 g/mol. The SMILES string of the molecule is C[Si](C)(C)C1[N-]NPP1.[Li+]. The van der Waals surface area contributed by atoms with Crippen molar-refractivity contribution in [3.8, 4) is 0 Å². The third-order valence-corrected chi connectivity index (χ3v) is 9.32. The van der Waals surface area contributed by atoms with E-state index in [0.29, 0.717) is 5.41 Å². The predicted octanol–water partition coefficient (Wildman–Crippen LogP) is -0.727. The van der Waals surface area contributed by atoms with Gasteiger partial charge in [-0.3, -0.25) is 0 Å². The van der Waals surface area contributed by atoms with Crippen molar-refractivity contribution in [1.29, 1.82) is 0 Å². The summed E-state index contributed by atoms with van der Waals surface area (Å²) in [6.45, 7) is 7.14. The molecule has 0 saturated carbocycles. The molecular weight excluding hydrogens is 173 g/mol. The molecule has 0 aromatic carbocycles. The van der Waals surface area contributed by atoms with Gasteiger partial charge in [-0.1, -0.05) is 28.1 Å². The maximum absolute atomic E-state index is 4.34. The molecule has 1 N–H and O–H groups in total. The second kappa shape index (κ2) is 4.58. The predicted molar refractivity (Wildman–Crippen MR) is 50.3 cm³/mol. The first-order valence-corrected chi connectivity index (χ1v) is 9.71. The van der Waals surface area contributed by atoms with E-state index in [1.807, 2.05) is 0 Å². The standard InChI is InChI=1S/C4H13N2P2Si.Li/c1-9(2,3)4-5-6-8-7-4;/h4,6-8H,1-3H3;/q-1;+1. The van der Waals surface area contributed by atoms with Crippen LogP contribution < -0.4 is 24.1 Å². The first-order chi connectivity index (χ1) is 4.11. The maximum atomic E-state index is 4.34. The summed E-state index contributed by atoms with van der Waals surface area (Å²) in [6, 6.07) is 0. The third kappa shape index (κ3) is 3.33. The van der Waals surface area contributed by atoms with Gasteiger partial charge in [-0.05, 0) is 0 Å². The quantitative estimate of drug-likeness (QED) is 0.424. The Morgan fingerprint density at radius 2 is 2.00 bits per heavy atom. The zero-order valence-corrected chi connectivity index (χ0v) is 10.0. The number of nitrogens with one attached hydrogen (secondary N) is 1. The van der Waals surface area contributed by atoms with Crippen molar-refractivity contribution >= 4 is 24.8 Å². The second-order valence-corrected chi connectivity index (χ2v) is 12.1. The molecule has 0 aromatic rings. The van der Waals surface area contributed by atoms with Gasteiger partial charge in [0.15, 0.2) is 0 Å². The van der Waals surface area contributed by atoms with E-state index in [9.17, 15) is 0 Å². The molecule has 0 spiro atoms. The fourth-order valence-corrected chi connectivity index (χ4v) is 9.14. The van der Waals surface area contributed by atoms with Crippen LogP contribution in [0.5, 0.6) is 0 Å². The molecule has 1 heterocycles. The van der Waals surface area contributed by atoms with Crippen LogP contribution in [0.2, 0.25) is 19.6 Å². The third-order valence-electron chi connectivity index (χ3n) is 1.28. The first-order valence-electron chi connectivity index (χ1n) is 3.06. The summed E-state index contributed by atoms with van der Waals surface area (Å²) in [7, 11) is 1.04. The normalized spacial score (nSPS) is 30.9. The molecule has 0 aliphatic carbocycles. The summed E-state index contributed by atoms with van der Waals surface area (Å²) in [6.07, 6.45) is 0. The van der Waals surface area contributed by atoms with Crippen molar-refractivity contribution in [2.45, 2.75) is 25.0 Å². The minimum Gasteiger partial charge on any atom is -0.589 e. The fraction of sp³-hybridized carbons (Fsp3) is 1.00. The number of hydrogen-bond donors (Lipinski definition) is 1. The Morgan fingerprint density at radius 1 is 1.40 bits per heavy atom. The van der Waals surface area contributed by atoms with Crippen LogP contribution in [0.4, 0.5) is 0 Å². The van der Waals surface area contributed by atoms with Crippen molar-refractivity contribution in [3.05, 3.63) is 5.43 Å².